The third-order valence-electron chi connectivity index (χ3n) is 3.96. The molecule has 1 N–H and O–H groups in total. The van der Waals surface area contributed by atoms with Gasteiger partial charge in [0.1, 0.15) is 5.54 Å². The molecule has 0 bridgehead atoms. The topological polar surface area (TPSA) is 39.1 Å². The van der Waals surface area contributed by atoms with Crippen LogP contribution >= 0.6 is 0 Å². The maximum Gasteiger partial charge on any atom is 0.103 e. The Morgan fingerprint density at radius 1 is 1.41 bits per heavy atom. The van der Waals surface area contributed by atoms with Gasteiger partial charge in [0.15, 0.2) is 0 Å². The minimum absolute atomic E-state index is 0.343. The summed E-state index contributed by atoms with van der Waals surface area (Å²) in [4.78, 5) is 2.56. The van der Waals surface area contributed by atoms with Gasteiger partial charge in [-0.1, -0.05) is 13.8 Å². The van der Waals surface area contributed by atoms with E-state index in [1.165, 1.54) is 32.5 Å². The first-order chi connectivity index (χ1) is 7.91. The Morgan fingerprint density at radius 2 is 2.12 bits per heavy atom. The lowest BCUT2D eigenvalue weighted by Crippen LogP contribution is -2.38. The first kappa shape index (κ1) is 14.5. The SMILES string of the molecule is CNC(C)(C#N)CCCCN1CCC(C)(C)C1. The fraction of sp³-hybridized carbons (Fsp3) is 0.929. The molecule has 0 spiro atoms. The van der Waals surface area contributed by atoms with E-state index in [2.05, 4.69) is 30.1 Å². The molecule has 0 aromatic carbocycles. The number of nitrogens with one attached hydrogen (secondary N) is 1. The van der Waals surface area contributed by atoms with Gasteiger partial charge in [0.05, 0.1) is 6.07 Å². The van der Waals surface area contributed by atoms with Gasteiger partial charge in [-0.3, -0.25) is 0 Å². The third-order valence-corrected chi connectivity index (χ3v) is 3.96. The van der Waals surface area contributed by atoms with E-state index in [9.17, 15) is 0 Å². The van der Waals surface area contributed by atoms with Crippen molar-refractivity contribution in [2.75, 3.05) is 26.7 Å². The van der Waals surface area contributed by atoms with Gasteiger partial charge in [0.25, 0.3) is 0 Å². The zero-order valence-electron chi connectivity index (χ0n) is 11.8. The van der Waals surface area contributed by atoms with E-state index in [1.54, 1.807) is 0 Å². The summed E-state index contributed by atoms with van der Waals surface area (Å²) in [5.74, 6) is 0. The van der Waals surface area contributed by atoms with Crippen molar-refractivity contribution in [3.63, 3.8) is 0 Å². The largest absolute Gasteiger partial charge is 0.303 e. The van der Waals surface area contributed by atoms with E-state index in [0.717, 1.165) is 12.8 Å². The van der Waals surface area contributed by atoms with Crippen LogP contribution in [0.15, 0.2) is 0 Å². The van der Waals surface area contributed by atoms with Gasteiger partial charge >= 0.3 is 0 Å². The zero-order valence-corrected chi connectivity index (χ0v) is 11.8. The highest BCUT2D eigenvalue weighted by Gasteiger charge is 2.28. The number of nitriles is 1. The number of hydrogen-bond donors (Lipinski definition) is 1. The third kappa shape index (κ3) is 4.65. The lowest BCUT2D eigenvalue weighted by Gasteiger charge is -2.22. The monoisotopic (exact) mass is 237 g/mol. The molecule has 1 unspecified atom stereocenters. The van der Waals surface area contributed by atoms with E-state index in [0.29, 0.717) is 5.41 Å². The minimum Gasteiger partial charge on any atom is -0.303 e. The zero-order chi connectivity index (χ0) is 12.9. The van der Waals surface area contributed by atoms with E-state index in [-0.39, 0.29) is 5.54 Å². The van der Waals surface area contributed by atoms with Crippen molar-refractivity contribution in [2.24, 2.45) is 5.41 Å². The molecule has 3 heteroatoms. The van der Waals surface area contributed by atoms with E-state index in [4.69, 9.17) is 5.26 Å². The standard InChI is InChI=1S/C14H27N3/c1-13(2)8-10-17(12-13)9-6-5-7-14(3,11-15)16-4/h16H,5-10,12H2,1-4H3. The van der Waals surface area contributed by atoms with Gasteiger partial charge in [0, 0.05) is 6.54 Å². The molecule has 1 fully saturated rings. The second-order valence-electron chi connectivity index (χ2n) is 6.34. The van der Waals surface area contributed by atoms with Crippen molar-refractivity contribution >= 4 is 0 Å². The highest BCUT2D eigenvalue weighted by Crippen LogP contribution is 2.28. The fourth-order valence-electron chi connectivity index (χ4n) is 2.47. The number of hydrogen-bond acceptors (Lipinski definition) is 3. The maximum atomic E-state index is 9.04. The predicted octanol–water partition coefficient (Wildman–Crippen LogP) is 2.39. The molecular weight excluding hydrogens is 210 g/mol. The van der Waals surface area contributed by atoms with Crippen LogP contribution in [0.1, 0.15) is 46.5 Å². The molecule has 0 aliphatic carbocycles. The summed E-state index contributed by atoms with van der Waals surface area (Å²) in [5, 5.41) is 12.1. The summed E-state index contributed by atoms with van der Waals surface area (Å²) in [7, 11) is 1.87. The second-order valence-corrected chi connectivity index (χ2v) is 6.34. The van der Waals surface area contributed by atoms with E-state index in [1.807, 2.05) is 14.0 Å². The Morgan fingerprint density at radius 3 is 2.59 bits per heavy atom. The molecule has 1 rings (SSSR count). The molecule has 98 valence electrons. The van der Waals surface area contributed by atoms with Crippen molar-refractivity contribution in [3.8, 4) is 6.07 Å². The average molecular weight is 237 g/mol. The lowest BCUT2D eigenvalue weighted by atomic mass is 9.93. The Bertz CT molecular complexity index is 280. The summed E-state index contributed by atoms with van der Waals surface area (Å²) in [6, 6.07) is 2.34. The number of likely N-dealkylation sites (tertiary alicyclic amines) is 1. The summed E-state index contributed by atoms with van der Waals surface area (Å²) in [5.41, 5.74) is 0.163. The van der Waals surface area contributed by atoms with Gasteiger partial charge in [-0.15, -0.1) is 0 Å². The van der Waals surface area contributed by atoms with Gasteiger partial charge < -0.3 is 10.2 Å². The molecule has 1 aliphatic heterocycles. The van der Waals surface area contributed by atoms with Crippen molar-refractivity contribution in [1.29, 1.82) is 5.26 Å². The Kier molecular flexibility index (Phi) is 4.97. The van der Waals surface area contributed by atoms with Crippen LogP contribution in [0.3, 0.4) is 0 Å². The van der Waals surface area contributed by atoms with Crippen LogP contribution in [0, 0.1) is 16.7 Å². The first-order valence-electron chi connectivity index (χ1n) is 6.73. The molecule has 17 heavy (non-hydrogen) atoms. The molecule has 1 aliphatic rings. The fourth-order valence-corrected chi connectivity index (χ4v) is 2.47. The van der Waals surface area contributed by atoms with Gasteiger partial charge in [-0.25, -0.2) is 0 Å². The van der Waals surface area contributed by atoms with Crippen molar-refractivity contribution < 1.29 is 0 Å². The smallest absolute Gasteiger partial charge is 0.103 e. The van der Waals surface area contributed by atoms with Crippen molar-refractivity contribution in [1.82, 2.24) is 10.2 Å². The normalized spacial score (nSPS) is 23.2. The molecule has 0 amide bonds. The molecule has 1 heterocycles. The van der Waals surface area contributed by atoms with E-state index >= 15 is 0 Å². The van der Waals surface area contributed by atoms with Crippen LogP contribution in [0.25, 0.3) is 0 Å². The molecule has 0 aromatic heterocycles. The predicted molar refractivity (Wildman–Crippen MR) is 71.8 cm³/mol. The Labute approximate surface area is 106 Å². The summed E-state index contributed by atoms with van der Waals surface area (Å²) in [6.45, 7) is 10.3. The van der Waals surface area contributed by atoms with Crippen molar-refractivity contribution in [2.45, 2.75) is 52.0 Å². The van der Waals surface area contributed by atoms with Gasteiger partial charge in [0.2, 0.25) is 0 Å². The molecule has 3 nitrogen and oxygen atoms in total. The van der Waals surface area contributed by atoms with Crippen LogP contribution in [0.2, 0.25) is 0 Å². The van der Waals surface area contributed by atoms with Gasteiger partial charge in [-0.2, -0.15) is 5.26 Å². The van der Waals surface area contributed by atoms with Crippen molar-refractivity contribution in [3.05, 3.63) is 0 Å². The van der Waals surface area contributed by atoms with Crippen LogP contribution in [-0.2, 0) is 0 Å². The van der Waals surface area contributed by atoms with Crippen LogP contribution in [0.4, 0.5) is 0 Å². The van der Waals surface area contributed by atoms with Crippen LogP contribution in [-0.4, -0.2) is 37.1 Å². The highest BCUT2D eigenvalue weighted by molar-refractivity contribution is 5.02. The Balaban J connectivity index is 2.16. The van der Waals surface area contributed by atoms with Crippen LogP contribution < -0.4 is 5.32 Å². The van der Waals surface area contributed by atoms with E-state index < -0.39 is 0 Å². The quantitative estimate of drug-likeness (QED) is 0.721. The summed E-state index contributed by atoms with van der Waals surface area (Å²) >= 11 is 0. The lowest BCUT2D eigenvalue weighted by molar-refractivity contribution is 0.281. The number of unbranched alkanes of at least 4 members (excludes halogenated alkanes) is 1. The second kappa shape index (κ2) is 5.84. The summed E-state index contributed by atoms with van der Waals surface area (Å²) < 4.78 is 0. The molecule has 0 aromatic rings. The highest BCUT2D eigenvalue weighted by atomic mass is 15.1. The average Bonchev–Trinajstić information content (AvgIpc) is 2.64. The summed E-state index contributed by atoms with van der Waals surface area (Å²) in [6.07, 6.45) is 4.59. The molecule has 1 atom stereocenters. The molecule has 0 saturated carbocycles. The Hall–Kier alpha value is -0.590. The van der Waals surface area contributed by atoms with Crippen LogP contribution in [0.5, 0.6) is 0 Å². The van der Waals surface area contributed by atoms with Gasteiger partial charge in [-0.05, 0) is 58.2 Å². The molecular formula is C14H27N3. The minimum atomic E-state index is -0.343. The number of rotatable bonds is 6. The first-order valence-corrected chi connectivity index (χ1v) is 6.73. The maximum absolute atomic E-state index is 9.04. The molecule has 1 saturated heterocycles. The number of nitrogens with zero attached hydrogens (tertiary/aromatic N) is 2. The molecule has 0 radical (unpaired) electrons.